The second-order valence-electron chi connectivity index (χ2n) is 9.50. The minimum atomic E-state index is -4.13. The summed E-state index contributed by atoms with van der Waals surface area (Å²) in [6.07, 6.45) is 2.77. The first-order valence-corrected chi connectivity index (χ1v) is 12.2. The summed E-state index contributed by atoms with van der Waals surface area (Å²) in [6, 6.07) is 12.8. The zero-order valence-electron chi connectivity index (χ0n) is 21.8. The van der Waals surface area contributed by atoms with Crippen LogP contribution in [0.15, 0.2) is 59.8 Å². The van der Waals surface area contributed by atoms with Crippen molar-refractivity contribution >= 4 is 0 Å². The fourth-order valence-corrected chi connectivity index (χ4v) is 4.13. The number of hydrogen-bond acceptors (Lipinski definition) is 4. The van der Waals surface area contributed by atoms with E-state index in [0.717, 1.165) is 41.8 Å². The molecule has 0 unspecified atom stereocenters. The molecule has 0 saturated heterocycles. The second-order valence-corrected chi connectivity index (χ2v) is 9.50. The normalized spacial score (nSPS) is 17.5. The minimum Gasteiger partial charge on any atom is -0.326 e. The van der Waals surface area contributed by atoms with Gasteiger partial charge in [-0.05, 0) is 82.8 Å². The zero-order chi connectivity index (χ0) is 26.7. The van der Waals surface area contributed by atoms with E-state index >= 15 is 0 Å². The average Bonchev–Trinajstić information content (AvgIpc) is 2.82. The number of rotatable bonds is 3. The lowest BCUT2D eigenvalue weighted by molar-refractivity contribution is -0.127. The molecule has 1 fully saturated rings. The second kappa shape index (κ2) is 13.9. The van der Waals surface area contributed by atoms with Gasteiger partial charge in [0.1, 0.15) is 6.33 Å². The summed E-state index contributed by atoms with van der Waals surface area (Å²) >= 11 is 0. The summed E-state index contributed by atoms with van der Waals surface area (Å²) < 4.78 is 37.4. The Bertz CT molecular complexity index is 1120. The van der Waals surface area contributed by atoms with Crippen molar-refractivity contribution < 1.29 is 14.6 Å². The van der Waals surface area contributed by atoms with Crippen LogP contribution in [0, 0.1) is 20.8 Å². The SMILES string of the molecule is CN(C)[C@@H]1CCC[C@H](c2cccc(CC(F)(F)F)c2)C1.Cc1ccc(=O)[nH]c1C.Cc1ccncn1.[HH]. The van der Waals surface area contributed by atoms with Gasteiger partial charge in [-0.25, -0.2) is 9.97 Å². The number of benzene rings is 1. The van der Waals surface area contributed by atoms with E-state index in [1.54, 1.807) is 24.4 Å². The predicted molar refractivity (Wildman–Crippen MR) is 140 cm³/mol. The van der Waals surface area contributed by atoms with Crippen molar-refractivity contribution in [2.75, 3.05) is 14.1 Å². The van der Waals surface area contributed by atoms with E-state index in [2.05, 4.69) is 33.9 Å². The number of nitrogens with one attached hydrogen (secondary N) is 1. The van der Waals surface area contributed by atoms with Gasteiger partial charge in [0.25, 0.3) is 0 Å². The van der Waals surface area contributed by atoms with Crippen molar-refractivity contribution in [1.82, 2.24) is 19.9 Å². The molecule has 4 rings (SSSR count). The molecule has 1 aromatic carbocycles. The van der Waals surface area contributed by atoms with E-state index in [0.29, 0.717) is 17.5 Å². The van der Waals surface area contributed by atoms with Gasteiger partial charge in [0, 0.05) is 31.1 Å². The van der Waals surface area contributed by atoms with Crippen LogP contribution in [0.2, 0.25) is 0 Å². The highest BCUT2D eigenvalue weighted by Gasteiger charge is 2.29. The topological polar surface area (TPSA) is 61.9 Å². The highest BCUT2D eigenvalue weighted by molar-refractivity contribution is 5.27. The highest BCUT2D eigenvalue weighted by Crippen LogP contribution is 2.35. The molecular weight excluding hydrogens is 465 g/mol. The first-order valence-electron chi connectivity index (χ1n) is 12.2. The van der Waals surface area contributed by atoms with E-state index in [1.807, 2.05) is 39.0 Å². The molecule has 2 atom stereocenters. The van der Waals surface area contributed by atoms with Crippen LogP contribution in [0.4, 0.5) is 13.2 Å². The van der Waals surface area contributed by atoms with Gasteiger partial charge in [-0.2, -0.15) is 13.2 Å². The Balaban J connectivity index is 0.000000331. The van der Waals surface area contributed by atoms with Gasteiger partial charge < -0.3 is 9.88 Å². The summed E-state index contributed by atoms with van der Waals surface area (Å²) in [5.41, 5.74) is 4.49. The van der Waals surface area contributed by atoms with E-state index in [4.69, 9.17) is 0 Å². The fourth-order valence-electron chi connectivity index (χ4n) is 4.13. The first kappa shape index (κ1) is 29.2. The molecule has 5 nitrogen and oxygen atoms in total. The Kier molecular flexibility index (Phi) is 11.3. The number of nitrogens with zero attached hydrogens (tertiary/aromatic N) is 3. The Morgan fingerprint density at radius 3 is 2.36 bits per heavy atom. The molecule has 8 heteroatoms. The third-order valence-corrected chi connectivity index (χ3v) is 6.32. The molecule has 1 aliphatic carbocycles. The summed E-state index contributed by atoms with van der Waals surface area (Å²) in [6.45, 7) is 5.78. The van der Waals surface area contributed by atoms with Crippen molar-refractivity contribution in [3.05, 3.63) is 93.4 Å². The Morgan fingerprint density at radius 2 is 1.83 bits per heavy atom. The largest absolute Gasteiger partial charge is 0.393 e. The van der Waals surface area contributed by atoms with Crippen LogP contribution in [0.1, 0.15) is 61.1 Å². The lowest BCUT2D eigenvalue weighted by atomic mass is 9.80. The molecule has 0 aliphatic heterocycles. The number of H-pyrrole nitrogens is 1. The molecule has 3 aromatic rings. The molecule has 36 heavy (non-hydrogen) atoms. The van der Waals surface area contributed by atoms with E-state index < -0.39 is 12.6 Å². The quantitative estimate of drug-likeness (QED) is 0.448. The molecule has 0 spiro atoms. The lowest BCUT2D eigenvalue weighted by Gasteiger charge is -2.33. The van der Waals surface area contributed by atoms with Gasteiger partial charge in [-0.15, -0.1) is 0 Å². The minimum absolute atomic E-state index is 0. The molecule has 0 amide bonds. The average molecular weight is 505 g/mol. The van der Waals surface area contributed by atoms with Crippen LogP contribution in [-0.4, -0.2) is 46.2 Å². The molecule has 1 aliphatic rings. The number of pyridine rings is 1. The van der Waals surface area contributed by atoms with E-state index in [9.17, 15) is 18.0 Å². The molecule has 0 bridgehead atoms. The zero-order valence-corrected chi connectivity index (χ0v) is 21.8. The Hall–Kier alpha value is -3.00. The number of aryl methyl sites for hydroxylation is 3. The van der Waals surface area contributed by atoms with Gasteiger partial charge in [-0.3, -0.25) is 4.79 Å². The van der Waals surface area contributed by atoms with Crippen LogP contribution in [0.3, 0.4) is 0 Å². The van der Waals surface area contributed by atoms with Crippen LogP contribution in [-0.2, 0) is 6.42 Å². The summed E-state index contributed by atoms with van der Waals surface area (Å²) in [7, 11) is 4.15. The smallest absolute Gasteiger partial charge is 0.326 e. The van der Waals surface area contributed by atoms with Crippen molar-refractivity contribution in [2.24, 2.45) is 0 Å². The Labute approximate surface area is 213 Å². The molecule has 1 saturated carbocycles. The molecule has 0 radical (unpaired) electrons. The van der Waals surface area contributed by atoms with Gasteiger partial charge in [0.05, 0.1) is 6.42 Å². The maximum absolute atomic E-state index is 12.5. The number of halogens is 3. The number of aromatic nitrogens is 3. The lowest BCUT2D eigenvalue weighted by Crippen LogP contribution is -2.32. The van der Waals surface area contributed by atoms with Crippen molar-refractivity contribution in [3.63, 3.8) is 0 Å². The van der Waals surface area contributed by atoms with Crippen molar-refractivity contribution in [2.45, 2.75) is 71.0 Å². The monoisotopic (exact) mass is 504 g/mol. The van der Waals surface area contributed by atoms with Crippen LogP contribution in [0.5, 0.6) is 0 Å². The van der Waals surface area contributed by atoms with E-state index in [-0.39, 0.29) is 6.99 Å². The third-order valence-electron chi connectivity index (χ3n) is 6.32. The predicted octanol–water partition coefficient (Wildman–Crippen LogP) is 6.40. The third kappa shape index (κ3) is 10.7. The fraction of sp³-hybridized carbons (Fsp3) is 0.464. The summed E-state index contributed by atoms with van der Waals surface area (Å²) in [5, 5.41) is 0. The van der Waals surface area contributed by atoms with Crippen molar-refractivity contribution in [1.29, 1.82) is 0 Å². The number of aromatic amines is 1. The summed E-state index contributed by atoms with van der Waals surface area (Å²) in [5.74, 6) is 0.393. The standard InChI is InChI=1S/C16H22F3N.C7H9NO.C5H6N2.H2/c1-20(2)15-8-4-7-14(10-15)13-6-3-5-12(9-13)11-16(17,18)19;1-5-3-4-7(9)8-6(5)2;1-5-2-3-6-4-7-5;/h3,5-6,9,14-15H,4,7-8,10-11H2,1-2H3;3-4H,1-2H3,(H,8,9);2-4H,1H3;1H/t14-,15+;;;/m0.../s1. The van der Waals surface area contributed by atoms with Crippen LogP contribution in [0.25, 0.3) is 0 Å². The Morgan fingerprint density at radius 1 is 1.08 bits per heavy atom. The highest BCUT2D eigenvalue weighted by atomic mass is 19.4. The van der Waals surface area contributed by atoms with Crippen LogP contribution >= 0.6 is 0 Å². The maximum atomic E-state index is 12.5. The summed E-state index contributed by atoms with van der Waals surface area (Å²) in [4.78, 5) is 23.1. The molecule has 2 aromatic heterocycles. The molecule has 2 heterocycles. The van der Waals surface area contributed by atoms with E-state index in [1.165, 1.54) is 18.8 Å². The van der Waals surface area contributed by atoms with Gasteiger partial charge in [0.15, 0.2) is 0 Å². The van der Waals surface area contributed by atoms with Gasteiger partial charge in [0.2, 0.25) is 5.56 Å². The first-order chi connectivity index (χ1) is 16.9. The van der Waals surface area contributed by atoms with Crippen LogP contribution < -0.4 is 5.56 Å². The van der Waals surface area contributed by atoms with Gasteiger partial charge >= 0.3 is 6.18 Å². The van der Waals surface area contributed by atoms with Gasteiger partial charge in [-0.1, -0.05) is 36.8 Å². The molecule has 198 valence electrons. The molecular formula is C28H39F3N4O. The number of hydrogen-bond donors (Lipinski definition) is 1. The maximum Gasteiger partial charge on any atom is 0.393 e. The number of alkyl halides is 3. The van der Waals surface area contributed by atoms with Crippen molar-refractivity contribution in [3.8, 4) is 0 Å². The molecule has 1 N–H and O–H groups in total.